The van der Waals surface area contributed by atoms with Crippen molar-refractivity contribution in [2.45, 2.75) is 11.8 Å². The zero-order valence-electron chi connectivity index (χ0n) is 14.6. The number of ether oxygens (including phenoxy) is 1. The summed E-state index contributed by atoms with van der Waals surface area (Å²) in [5, 5.41) is 14.7. The second-order valence-electron chi connectivity index (χ2n) is 5.17. The minimum atomic E-state index is -4.32. The fraction of sp³-hybridized carbons (Fsp3) is 0.125. The quantitative estimate of drug-likeness (QED) is 0.213. The van der Waals surface area contributed by atoms with Gasteiger partial charge < -0.3 is 14.7 Å². The summed E-state index contributed by atoms with van der Waals surface area (Å²) in [6.45, 7) is 1.97. The predicted molar refractivity (Wildman–Crippen MR) is 106 cm³/mol. The summed E-state index contributed by atoms with van der Waals surface area (Å²) < 4.78 is 35.5. The largest absolute Gasteiger partial charge is 0.490 e. The molecule has 0 atom stereocenters. The highest BCUT2D eigenvalue weighted by Crippen LogP contribution is 2.31. The summed E-state index contributed by atoms with van der Waals surface area (Å²) in [4.78, 5) is 9.81. The maximum Gasteiger partial charge on any atom is 0.339 e. The first kappa shape index (κ1) is 21.1. The molecule has 28 heavy (non-hydrogen) atoms. The van der Waals surface area contributed by atoms with Crippen LogP contribution in [0, 0.1) is 10.1 Å². The molecule has 0 aliphatic heterocycles. The molecule has 3 N–H and O–H groups in total. The van der Waals surface area contributed by atoms with Crippen molar-refractivity contribution < 1.29 is 22.3 Å². The van der Waals surface area contributed by atoms with Gasteiger partial charge in [0.15, 0.2) is 16.6 Å². The van der Waals surface area contributed by atoms with Crippen LogP contribution in [-0.4, -0.2) is 31.3 Å². The number of nitrogens with zero attached hydrogens (tertiary/aromatic N) is 2. The van der Waals surface area contributed by atoms with Crippen LogP contribution in [0.1, 0.15) is 12.5 Å². The van der Waals surface area contributed by atoms with Gasteiger partial charge in [-0.25, -0.2) is 0 Å². The van der Waals surface area contributed by atoms with Crippen molar-refractivity contribution in [3.63, 3.8) is 0 Å². The predicted octanol–water partition coefficient (Wildman–Crippen LogP) is 1.93. The molecule has 0 spiro atoms. The highest BCUT2D eigenvalue weighted by Gasteiger charge is 2.22. The molecule has 2 aromatic rings. The molecule has 0 aromatic heterocycles. The third-order valence-electron chi connectivity index (χ3n) is 3.17. The minimum absolute atomic E-state index is 0.00992. The van der Waals surface area contributed by atoms with Gasteiger partial charge in [0.2, 0.25) is 0 Å². The summed E-state index contributed by atoms with van der Waals surface area (Å²) >= 11 is 4.63. The first-order chi connectivity index (χ1) is 13.2. The lowest BCUT2D eigenvalue weighted by Gasteiger charge is -2.12. The Morgan fingerprint density at radius 1 is 1.32 bits per heavy atom. The molecule has 148 valence electrons. The van der Waals surface area contributed by atoms with Gasteiger partial charge in [-0.3, -0.25) is 15.5 Å². The molecule has 10 nitrogen and oxygen atoms in total. The van der Waals surface area contributed by atoms with Crippen molar-refractivity contribution in [2.75, 3.05) is 6.61 Å². The molecule has 0 aliphatic carbocycles. The number of rotatable bonds is 8. The van der Waals surface area contributed by atoms with Crippen LogP contribution in [0.15, 0.2) is 52.5 Å². The molecule has 0 bridgehead atoms. The fourth-order valence-corrected chi connectivity index (χ4v) is 3.06. The Hall–Kier alpha value is -3.25. The van der Waals surface area contributed by atoms with E-state index in [2.05, 4.69) is 22.7 Å². The van der Waals surface area contributed by atoms with Gasteiger partial charge in [-0.15, -0.1) is 0 Å². The number of hydrazone groups is 1. The number of hydrogen-bond donors (Lipinski definition) is 2. The molecule has 2 aromatic carbocycles. The number of benzene rings is 2. The number of non-ortho nitro benzene ring substituents is 1. The molecule has 0 fully saturated rings. The molecule has 0 unspecified atom stereocenters. The zero-order valence-corrected chi connectivity index (χ0v) is 16.2. The topological polar surface area (TPSA) is 146 Å². The minimum Gasteiger partial charge on any atom is -0.490 e. The molecule has 0 saturated heterocycles. The molecule has 0 heterocycles. The van der Waals surface area contributed by atoms with Crippen LogP contribution in [0.4, 0.5) is 5.69 Å². The SMILES string of the molecule is CCOc1cc(/C=N\NC(N)=S)ccc1OS(=O)(=O)c1cccc([N+](=O)[O-])c1. The third-order valence-corrected chi connectivity index (χ3v) is 4.49. The van der Waals surface area contributed by atoms with E-state index in [-0.39, 0.29) is 33.8 Å². The Balaban J connectivity index is 2.33. The lowest BCUT2D eigenvalue weighted by atomic mass is 10.2. The van der Waals surface area contributed by atoms with Crippen molar-refractivity contribution >= 4 is 39.4 Å². The Morgan fingerprint density at radius 3 is 2.71 bits per heavy atom. The average Bonchev–Trinajstić information content (AvgIpc) is 2.63. The summed E-state index contributed by atoms with van der Waals surface area (Å²) in [5.74, 6) is 0.0728. The molecule has 0 radical (unpaired) electrons. The maximum absolute atomic E-state index is 12.5. The van der Waals surface area contributed by atoms with E-state index in [1.165, 1.54) is 42.6 Å². The van der Waals surface area contributed by atoms with Crippen molar-refractivity contribution in [3.05, 3.63) is 58.1 Å². The smallest absolute Gasteiger partial charge is 0.339 e. The number of thiocarbonyl (C=S) groups is 1. The first-order valence-corrected chi connectivity index (χ1v) is 9.59. The van der Waals surface area contributed by atoms with Crippen LogP contribution in [0.25, 0.3) is 0 Å². The second-order valence-corrected chi connectivity index (χ2v) is 7.15. The summed E-state index contributed by atoms with van der Waals surface area (Å²) in [7, 11) is -4.32. The molecular formula is C16H16N4O6S2. The van der Waals surface area contributed by atoms with Gasteiger partial charge in [0.1, 0.15) is 4.90 Å². The number of hydrogen-bond acceptors (Lipinski definition) is 8. The van der Waals surface area contributed by atoms with Crippen LogP contribution in [0.2, 0.25) is 0 Å². The normalized spacial score (nSPS) is 11.2. The van der Waals surface area contributed by atoms with E-state index >= 15 is 0 Å². The van der Waals surface area contributed by atoms with E-state index in [0.29, 0.717) is 5.56 Å². The third kappa shape index (κ3) is 5.62. The van der Waals surface area contributed by atoms with E-state index < -0.39 is 15.0 Å². The Kier molecular flexibility index (Phi) is 6.84. The van der Waals surface area contributed by atoms with Gasteiger partial charge in [-0.2, -0.15) is 13.5 Å². The molecule has 12 heteroatoms. The standard InChI is InChI=1S/C16H16N4O6S2/c1-2-25-15-8-11(10-18-19-16(17)27)6-7-14(15)26-28(23,24)13-5-3-4-12(9-13)20(21)22/h3-10H,2H2,1H3,(H3,17,19,27)/b18-10-. The van der Waals surface area contributed by atoms with Crippen molar-refractivity contribution in [1.82, 2.24) is 5.43 Å². The highest BCUT2D eigenvalue weighted by atomic mass is 32.2. The van der Waals surface area contributed by atoms with Gasteiger partial charge in [0, 0.05) is 12.1 Å². The average molecular weight is 424 g/mol. The Labute approximate surface area is 166 Å². The molecule has 2 rings (SSSR count). The second kappa shape index (κ2) is 9.10. The summed E-state index contributed by atoms with van der Waals surface area (Å²) in [5.41, 5.74) is 7.85. The maximum atomic E-state index is 12.5. The molecule has 0 amide bonds. The van der Waals surface area contributed by atoms with E-state index in [4.69, 9.17) is 14.7 Å². The lowest BCUT2D eigenvalue weighted by Crippen LogP contribution is -2.23. The Morgan fingerprint density at radius 2 is 2.07 bits per heavy atom. The Bertz CT molecular complexity index is 1020. The van der Waals surface area contributed by atoms with Crippen LogP contribution in [0.5, 0.6) is 11.5 Å². The number of nitro benzene ring substituents is 1. The number of nitro groups is 1. The van der Waals surface area contributed by atoms with Gasteiger partial charge in [0.05, 0.1) is 17.7 Å². The monoisotopic (exact) mass is 424 g/mol. The molecular weight excluding hydrogens is 408 g/mol. The summed E-state index contributed by atoms with van der Waals surface area (Å²) in [6.07, 6.45) is 1.40. The van der Waals surface area contributed by atoms with E-state index in [1.807, 2.05) is 0 Å². The highest BCUT2D eigenvalue weighted by molar-refractivity contribution is 7.87. The zero-order chi connectivity index (χ0) is 20.7. The number of nitrogens with two attached hydrogens (primary N) is 1. The van der Waals surface area contributed by atoms with Gasteiger partial charge in [0.25, 0.3) is 5.69 Å². The number of nitrogens with one attached hydrogen (secondary N) is 1. The molecule has 0 aliphatic rings. The fourth-order valence-electron chi connectivity index (χ4n) is 2.03. The first-order valence-electron chi connectivity index (χ1n) is 7.77. The van der Waals surface area contributed by atoms with Crippen LogP contribution >= 0.6 is 12.2 Å². The molecule has 0 saturated carbocycles. The lowest BCUT2D eigenvalue weighted by molar-refractivity contribution is -0.385. The van der Waals surface area contributed by atoms with E-state index in [1.54, 1.807) is 6.92 Å². The van der Waals surface area contributed by atoms with Crippen LogP contribution in [0.3, 0.4) is 0 Å². The van der Waals surface area contributed by atoms with Crippen LogP contribution in [-0.2, 0) is 10.1 Å². The van der Waals surface area contributed by atoms with Crippen LogP contribution < -0.4 is 20.1 Å². The van der Waals surface area contributed by atoms with Gasteiger partial charge in [-0.05, 0) is 49.0 Å². The van der Waals surface area contributed by atoms with E-state index in [9.17, 15) is 18.5 Å². The van der Waals surface area contributed by atoms with Crippen molar-refractivity contribution in [1.29, 1.82) is 0 Å². The van der Waals surface area contributed by atoms with Gasteiger partial charge in [-0.1, -0.05) is 6.07 Å². The van der Waals surface area contributed by atoms with Crippen molar-refractivity contribution in [2.24, 2.45) is 10.8 Å². The van der Waals surface area contributed by atoms with Crippen molar-refractivity contribution in [3.8, 4) is 11.5 Å². The van der Waals surface area contributed by atoms with Gasteiger partial charge >= 0.3 is 10.1 Å². The summed E-state index contributed by atoms with van der Waals surface area (Å²) in [6, 6.07) is 8.97. The van der Waals surface area contributed by atoms with E-state index in [0.717, 1.165) is 6.07 Å².